The Morgan fingerprint density at radius 1 is 0.753 bits per heavy atom. The summed E-state index contributed by atoms with van der Waals surface area (Å²) in [4.78, 5) is 38.7. The standard InChI is InChI=1S/C59H73N6O10PSi/c1-40(2)55(66)62-58-61-54-51(56(67)63-58)60-39-64(54)57-53(71-35-34-68-7)52(75-76(65(41(3)4)42(5)6)73-36-37-77(10,48-22-16-12-17-23-48)49-24-18-13-19-25-49)50(74-57)38-72-59(43-20-14-11-15-21-43,44-26-30-46(69-8)31-27-44)45-28-32-47(70-9)33-29-45/h11-33,39-42,50,52-53,57H,34-38H2,1-10H3,(H2,61,62,63,66,67)/t50-,52-,53-,57-,76?/m1/s1. The van der Waals surface area contributed by atoms with Gasteiger partial charge in [0.15, 0.2) is 17.4 Å². The summed E-state index contributed by atoms with van der Waals surface area (Å²) >= 11 is 0. The molecule has 0 aliphatic carbocycles. The Kier molecular flexibility index (Phi) is 19.3. The number of carbonyl (C=O) groups is 1. The lowest BCUT2D eigenvalue weighted by Gasteiger charge is -2.40. The smallest absolute Gasteiger partial charge is 0.280 e. The van der Waals surface area contributed by atoms with E-state index < -0.39 is 52.3 Å². The highest BCUT2D eigenvalue weighted by Crippen LogP contribution is 2.52. The summed E-state index contributed by atoms with van der Waals surface area (Å²) in [6, 6.07) is 48.0. The van der Waals surface area contributed by atoms with Gasteiger partial charge in [-0.2, -0.15) is 4.98 Å². The van der Waals surface area contributed by atoms with Crippen LogP contribution in [0, 0.1) is 5.92 Å². The maximum Gasteiger partial charge on any atom is 0.280 e. The molecule has 0 radical (unpaired) electrons. The molecule has 77 heavy (non-hydrogen) atoms. The van der Waals surface area contributed by atoms with Gasteiger partial charge < -0.3 is 37.5 Å². The second-order valence-electron chi connectivity index (χ2n) is 20.1. The van der Waals surface area contributed by atoms with Gasteiger partial charge in [0.05, 0.1) is 47.0 Å². The Balaban J connectivity index is 1.27. The van der Waals surface area contributed by atoms with E-state index in [0.29, 0.717) is 18.1 Å². The van der Waals surface area contributed by atoms with E-state index in [1.54, 1.807) is 39.7 Å². The first-order valence-corrected chi connectivity index (χ1v) is 30.1. The van der Waals surface area contributed by atoms with Crippen LogP contribution < -0.4 is 30.7 Å². The highest BCUT2D eigenvalue weighted by Gasteiger charge is 2.52. The minimum absolute atomic E-state index is 0.00229. The van der Waals surface area contributed by atoms with Crippen molar-refractivity contribution in [2.45, 2.75) is 96.4 Å². The number of fused-ring (bicyclic) bond motifs is 1. The van der Waals surface area contributed by atoms with Gasteiger partial charge in [-0.1, -0.05) is 146 Å². The molecule has 7 aromatic rings. The van der Waals surface area contributed by atoms with Crippen molar-refractivity contribution in [3.8, 4) is 11.5 Å². The molecule has 18 heteroatoms. The number of aromatic amines is 1. The molecule has 408 valence electrons. The molecule has 1 amide bonds. The molecule has 0 bridgehead atoms. The molecular weight excluding hydrogens is 1010 g/mol. The first-order valence-electron chi connectivity index (χ1n) is 26.2. The summed E-state index contributed by atoms with van der Waals surface area (Å²) in [6.45, 7) is 15.3. The minimum atomic E-state index is -2.35. The van der Waals surface area contributed by atoms with Crippen molar-refractivity contribution in [2.75, 3.05) is 53.1 Å². The number of H-pyrrole nitrogens is 1. The van der Waals surface area contributed by atoms with Crippen LogP contribution in [0.4, 0.5) is 5.95 Å². The van der Waals surface area contributed by atoms with Crippen LogP contribution in [0.3, 0.4) is 0 Å². The number of ether oxygens (including phenoxy) is 6. The van der Waals surface area contributed by atoms with E-state index in [2.05, 4.69) is 115 Å². The molecule has 1 unspecified atom stereocenters. The van der Waals surface area contributed by atoms with Crippen molar-refractivity contribution < 1.29 is 42.3 Å². The van der Waals surface area contributed by atoms with E-state index in [-0.39, 0.29) is 60.8 Å². The lowest BCUT2D eigenvalue weighted by molar-refractivity contribution is -0.118. The highest BCUT2D eigenvalue weighted by atomic mass is 31.2. The Morgan fingerprint density at radius 3 is 1.82 bits per heavy atom. The SMILES string of the molecule is COCCO[C@@H]1[C@H](OP(OCC[Si](C)(c2ccccc2)c2ccccc2)N(C(C)C)C(C)C)[C@@H](COC(c2ccccc2)(c2ccc(OC)cc2)c2ccc(OC)cc2)O[C@H]1n1cnc2c(=O)[nH]c(NC(=O)C(C)C)nc21. The van der Waals surface area contributed by atoms with Crippen LogP contribution in [0.2, 0.25) is 12.6 Å². The molecule has 5 atom stereocenters. The first kappa shape index (κ1) is 57.1. The maximum atomic E-state index is 13.7. The Hall–Kier alpha value is -6.11. The predicted molar refractivity (Wildman–Crippen MR) is 304 cm³/mol. The van der Waals surface area contributed by atoms with Crippen LogP contribution in [0.1, 0.15) is 64.5 Å². The number of nitrogens with one attached hydrogen (secondary N) is 2. The van der Waals surface area contributed by atoms with E-state index in [1.165, 1.54) is 16.7 Å². The van der Waals surface area contributed by atoms with E-state index >= 15 is 0 Å². The van der Waals surface area contributed by atoms with E-state index in [1.807, 2.05) is 78.9 Å². The highest BCUT2D eigenvalue weighted by molar-refractivity contribution is 7.44. The zero-order valence-corrected chi connectivity index (χ0v) is 47.6. The fourth-order valence-corrected chi connectivity index (χ4v) is 15.2. The number of methoxy groups -OCH3 is 3. The fraction of sp³-hybridized carbons (Fsp3) is 0.390. The van der Waals surface area contributed by atoms with Crippen molar-refractivity contribution in [2.24, 2.45) is 5.92 Å². The first-order chi connectivity index (χ1) is 37.2. The van der Waals surface area contributed by atoms with Crippen LogP contribution >= 0.6 is 8.53 Å². The van der Waals surface area contributed by atoms with Crippen LogP contribution in [0.15, 0.2) is 151 Å². The van der Waals surface area contributed by atoms with Crippen molar-refractivity contribution in [1.82, 2.24) is 24.2 Å². The van der Waals surface area contributed by atoms with Gasteiger partial charge >= 0.3 is 0 Å². The third-order valence-corrected chi connectivity index (χ3v) is 20.6. The van der Waals surface area contributed by atoms with Crippen molar-refractivity contribution in [3.05, 3.63) is 173 Å². The zero-order chi connectivity index (χ0) is 54.7. The molecule has 2 aromatic heterocycles. The summed E-state index contributed by atoms with van der Waals surface area (Å²) in [6.07, 6.45) is -2.12. The third kappa shape index (κ3) is 12.8. The number of nitrogens with zero attached hydrogens (tertiary/aromatic N) is 4. The topological polar surface area (TPSA) is 170 Å². The number of carbonyl (C=O) groups excluding carboxylic acids is 1. The van der Waals surface area contributed by atoms with E-state index in [0.717, 1.165) is 22.7 Å². The van der Waals surface area contributed by atoms with Crippen LogP contribution in [-0.4, -0.2) is 116 Å². The van der Waals surface area contributed by atoms with E-state index in [4.69, 9.17) is 42.5 Å². The molecule has 5 aromatic carbocycles. The quantitative estimate of drug-likeness (QED) is 0.0228. The largest absolute Gasteiger partial charge is 0.497 e. The number of hydrogen-bond donors (Lipinski definition) is 2. The number of amides is 1. The van der Waals surface area contributed by atoms with Crippen LogP contribution in [0.25, 0.3) is 11.2 Å². The molecule has 2 N–H and O–H groups in total. The normalized spacial score (nSPS) is 17.4. The second kappa shape index (κ2) is 26.0. The number of aromatic nitrogens is 4. The van der Waals surface area contributed by atoms with Crippen molar-refractivity contribution in [3.63, 3.8) is 0 Å². The molecule has 16 nitrogen and oxygen atoms in total. The molecule has 1 saturated heterocycles. The molecule has 8 rings (SSSR count). The van der Waals surface area contributed by atoms with Crippen molar-refractivity contribution >= 4 is 50.0 Å². The number of rotatable bonds is 26. The molecule has 0 spiro atoms. The molecule has 1 aliphatic rings. The Morgan fingerprint density at radius 2 is 1.30 bits per heavy atom. The summed E-state index contributed by atoms with van der Waals surface area (Å²) in [5.41, 5.74) is 0.965. The molecule has 3 heterocycles. The number of anilines is 1. The van der Waals surface area contributed by atoms with Gasteiger partial charge in [0.1, 0.15) is 43.5 Å². The van der Waals surface area contributed by atoms with Crippen molar-refractivity contribution in [1.29, 1.82) is 0 Å². The Labute approximate surface area is 454 Å². The maximum absolute atomic E-state index is 13.7. The van der Waals surface area contributed by atoms with Crippen LogP contribution in [-0.2, 0) is 38.4 Å². The van der Waals surface area contributed by atoms with Gasteiger partial charge in [-0.25, -0.2) is 9.65 Å². The molecule has 1 aliphatic heterocycles. The summed E-state index contributed by atoms with van der Waals surface area (Å²) in [5.74, 6) is 0.651. The fourth-order valence-electron chi connectivity index (χ4n) is 9.98. The lowest BCUT2D eigenvalue weighted by atomic mass is 9.80. The predicted octanol–water partition coefficient (Wildman–Crippen LogP) is 9.31. The molecular formula is C59H73N6O10PSi. The molecule has 1 fully saturated rings. The van der Waals surface area contributed by atoms with Crippen LogP contribution in [0.5, 0.6) is 11.5 Å². The Bertz CT molecular complexity index is 2930. The summed E-state index contributed by atoms with van der Waals surface area (Å²) in [7, 11) is 0.684. The lowest BCUT2D eigenvalue weighted by Crippen LogP contribution is -2.56. The number of imidazole rings is 1. The zero-order valence-electron chi connectivity index (χ0n) is 45.8. The average molecular weight is 1090 g/mol. The average Bonchev–Trinajstić information content (AvgIpc) is 4.05. The van der Waals surface area contributed by atoms with Gasteiger partial charge in [-0.15, -0.1) is 0 Å². The molecule has 0 saturated carbocycles. The van der Waals surface area contributed by atoms with Gasteiger partial charge in [0.25, 0.3) is 14.1 Å². The number of hydrogen-bond acceptors (Lipinski definition) is 13. The summed E-state index contributed by atoms with van der Waals surface area (Å²) in [5, 5.41) is 5.37. The minimum Gasteiger partial charge on any atom is -0.497 e. The summed E-state index contributed by atoms with van der Waals surface area (Å²) < 4.78 is 57.4. The van der Waals surface area contributed by atoms with Gasteiger partial charge in [0.2, 0.25) is 11.9 Å². The van der Waals surface area contributed by atoms with Gasteiger partial charge in [0, 0.05) is 25.1 Å². The third-order valence-electron chi connectivity index (χ3n) is 14.1. The monoisotopic (exact) mass is 1080 g/mol. The second-order valence-corrected chi connectivity index (χ2v) is 25.8. The van der Waals surface area contributed by atoms with Gasteiger partial charge in [-0.05, 0) is 74.7 Å². The number of benzene rings is 5. The van der Waals surface area contributed by atoms with Gasteiger partial charge in [-0.3, -0.25) is 24.5 Å². The van der Waals surface area contributed by atoms with E-state index in [9.17, 15) is 9.59 Å².